The SMILES string of the molecule is FC(F)(F)C(F)(F)C(F)(F)C(F)(F)C(F)(F)C(F)(F)C(F)(F)C(F)(F)C(F)(F)C(F)(F)C(F)(F)C(F)(F)C(F)(F)C(F)(F)C(F)(F)COCC1CO1. The highest BCUT2D eigenvalue weighted by molar-refractivity contribution is 5.21. The van der Waals surface area contributed by atoms with Crippen LogP contribution < -0.4 is 0 Å². The normalized spacial score (nSPS) is 19.3. The molecule has 1 rings (SSSR count). The van der Waals surface area contributed by atoms with E-state index in [4.69, 9.17) is 0 Å². The summed E-state index contributed by atoms with van der Waals surface area (Å²) in [7, 11) is 0. The number of epoxide rings is 1. The van der Waals surface area contributed by atoms with Crippen LogP contribution in [-0.2, 0) is 9.47 Å². The standard InChI is InChI=1S/C19H7F31O2/c20-5(21,3-51-1-4-2-52-4)6(22,23)7(24,25)8(26,27)9(28,29)10(30,31)11(32,33)12(34,35)13(36,37)14(38,39)15(40,41)16(42,43)17(44,45)18(46,47)19(48,49)50/h4H,1-3H2. The van der Waals surface area contributed by atoms with Gasteiger partial charge in [-0.05, 0) is 0 Å². The Balaban J connectivity index is 3.88. The van der Waals surface area contributed by atoms with Crippen LogP contribution >= 0.6 is 0 Å². The summed E-state index contributed by atoms with van der Waals surface area (Å²) < 4.78 is 426. The molecular formula is C19H7F31O2. The lowest BCUT2D eigenvalue weighted by Crippen LogP contribution is -2.79. The van der Waals surface area contributed by atoms with E-state index in [9.17, 15) is 136 Å². The van der Waals surface area contributed by atoms with Gasteiger partial charge < -0.3 is 9.47 Å². The van der Waals surface area contributed by atoms with E-state index in [1.807, 2.05) is 0 Å². The fourth-order valence-corrected chi connectivity index (χ4v) is 3.15. The fraction of sp³-hybridized carbons (Fsp3) is 1.00. The maximum atomic E-state index is 13.9. The van der Waals surface area contributed by atoms with Crippen LogP contribution in [0, 0.1) is 0 Å². The zero-order valence-corrected chi connectivity index (χ0v) is 22.7. The van der Waals surface area contributed by atoms with Crippen LogP contribution in [0.5, 0.6) is 0 Å². The van der Waals surface area contributed by atoms with Crippen LogP contribution in [0.4, 0.5) is 136 Å². The van der Waals surface area contributed by atoms with Gasteiger partial charge in [0.1, 0.15) is 12.7 Å². The van der Waals surface area contributed by atoms with E-state index in [2.05, 4.69) is 9.47 Å². The number of rotatable bonds is 17. The molecule has 0 bridgehead atoms. The van der Waals surface area contributed by atoms with E-state index < -0.39 is 115 Å². The zero-order chi connectivity index (χ0) is 42.6. The van der Waals surface area contributed by atoms with Gasteiger partial charge in [0.25, 0.3) is 0 Å². The first-order chi connectivity index (χ1) is 22.1. The van der Waals surface area contributed by atoms with Gasteiger partial charge in [0, 0.05) is 0 Å². The molecule has 312 valence electrons. The predicted octanol–water partition coefficient (Wildman–Crippen LogP) is 9.86. The maximum Gasteiger partial charge on any atom is 0.460 e. The highest BCUT2D eigenvalue weighted by Gasteiger charge is 3.01. The topological polar surface area (TPSA) is 21.8 Å². The van der Waals surface area contributed by atoms with Crippen molar-refractivity contribution in [3.63, 3.8) is 0 Å². The molecule has 1 unspecified atom stereocenters. The quantitative estimate of drug-likeness (QED) is 0.107. The van der Waals surface area contributed by atoms with Crippen LogP contribution in [0.3, 0.4) is 0 Å². The second kappa shape index (κ2) is 12.1. The monoisotopic (exact) mass is 856 g/mol. The summed E-state index contributed by atoms with van der Waals surface area (Å²) in [6.45, 7) is -5.15. The van der Waals surface area contributed by atoms with Gasteiger partial charge in [-0.2, -0.15) is 136 Å². The fourth-order valence-electron chi connectivity index (χ4n) is 3.15. The number of halogens is 31. The molecule has 33 heteroatoms. The van der Waals surface area contributed by atoms with Crippen molar-refractivity contribution in [3.05, 3.63) is 0 Å². The molecule has 0 aromatic carbocycles. The Morgan fingerprint density at radius 3 is 0.712 bits per heavy atom. The molecule has 1 fully saturated rings. The van der Waals surface area contributed by atoms with E-state index in [0.717, 1.165) is 0 Å². The Morgan fingerprint density at radius 1 is 0.327 bits per heavy atom. The van der Waals surface area contributed by atoms with Gasteiger partial charge >= 0.3 is 89.1 Å². The average molecular weight is 856 g/mol. The number of hydrogen-bond acceptors (Lipinski definition) is 2. The molecule has 2 nitrogen and oxygen atoms in total. The minimum atomic E-state index is -10.1. The smallest absolute Gasteiger partial charge is 0.372 e. The largest absolute Gasteiger partial charge is 0.460 e. The van der Waals surface area contributed by atoms with E-state index >= 15 is 0 Å². The van der Waals surface area contributed by atoms with Crippen LogP contribution in [0.25, 0.3) is 0 Å². The van der Waals surface area contributed by atoms with Gasteiger partial charge in [-0.15, -0.1) is 0 Å². The van der Waals surface area contributed by atoms with E-state index in [0.29, 0.717) is 0 Å². The highest BCUT2D eigenvalue weighted by Crippen LogP contribution is 2.69. The maximum absolute atomic E-state index is 13.9. The van der Waals surface area contributed by atoms with Crippen molar-refractivity contribution >= 4 is 0 Å². The lowest BCUT2D eigenvalue weighted by molar-refractivity contribution is -0.489. The molecule has 0 radical (unpaired) electrons. The van der Waals surface area contributed by atoms with Crippen molar-refractivity contribution in [1.82, 2.24) is 0 Å². The summed E-state index contributed by atoms with van der Waals surface area (Å²) in [5.74, 6) is -131. The van der Waals surface area contributed by atoms with E-state index in [-0.39, 0.29) is 0 Å². The third kappa shape index (κ3) is 5.83. The van der Waals surface area contributed by atoms with Gasteiger partial charge in [0.05, 0.1) is 13.2 Å². The first kappa shape index (κ1) is 47.8. The second-order valence-electron chi connectivity index (χ2n) is 10.1. The molecule has 0 aromatic heterocycles. The van der Waals surface area contributed by atoms with Crippen LogP contribution in [0.1, 0.15) is 0 Å². The molecule has 1 heterocycles. The zero-order valence-electron chi connectivity index (χ0n) is 22.7. The van der Waals surface area contributed by atoms with Crippen molar-refractivity contribution in [2.45, 2.75) is 95.2 Å². The number of ether oxygens (including phenoxy) is 2. The lowest BCUT2D eigenvalue weighted by atomic mass is 9.83. The summed E-state index contributed by atoms with van der Waals surface area (Å²) in [4.78, 5) is 0. The Kier molecular flexibility index (Phi) is 11.1. The van der Waals surface area contributed by atoms with Crippen molar-refractivity contribution in [2.75, 3.05) is 19.8 Å². The van der Waals surface area contributed by atoms with Gasteiger partial charge in [-0.3, -0.25) is 0 Å². The van der Waals surface area contributed by atoms with Gasteiger partial charge in [0.15, 0.2) is 0 Å². The minimum absolute atomic E-state index is 0.456. The molecule has 0 saturated carbocycles. The molecule has 0 amide bonds. The van der Waals surface area contributed by atoms with Crippen molar-refractivity contribution < 1.29 is 146 Å². The first-order valence-electron chi connectivity index (χ1n) is 11.6. The number of hydrogen-bond donors (Lipinski definition) is 0. The summed E-state index contributed by atoms with van der Waals surface area (Å²) >= 11 is 0. The first-order valence-corrected chi connectivity index (χ1v) is 11.6. The van der Waals surface area contributed by atoms with Crippen LogP contribution in [0.2, 0.25) is 0 Å². The Hall–Kier alpha value is -2.25. The molecule has 0 N–H and O–H groups in total. The van der Waals surface area contributed by atoms with Crippen molar-refractivity contribution in [1.29, 1.82) is 0 Å². The van der Waals surface area contributed by atoms with Gasteiger partial charge in [-0.1, -0.05) is 0 Å². The second-order valence-corrected chi connectivity index (χ2v) is 10.1. The van der Waals surface area contributed by atoms with Gasteiger partial charge in [-0.25, -0.2) is 0 Å². The van der Waals surface area contributed by atoms with Crippen LogP contribution in [0.15, 0.2) is 0 Å². The summed E-state index contributed by atoms with van der Waals surface area (Å²) in [6, 6.07) is 0. The number of alkyl halides is 31. The summed E-state index contributed by atoms with van der Waals surface area (Å²) in [5, 5.41) is 0. The summed E-state index contributed by atoms with van der Waals surface area (Å²) in [5.41, 5.74) is 0. The van der Waals surface area contributed by atoms with E-state index in [1.165, 1.54) is 0 Å². The summed E-state index contributed by atoms with van der Waals surface area (Å²) in [6.07, 6.45) is -9.65. The predicted molar refractivity (Wildman–Crippen MR) is 95.9 cm³/mol. The Morgan fingerprint density at radius 2 is 0.519 bits per heavy atom. The Bertz CT molecular complexity index is 1290. The van der Waals surface area contributed by atoms with Gasteiger partial charge in [0.2, 0.25) is 0 Å². The molecule has 0 aliphatic carbocycles. The average Bonchev–Trinajstić information content (AvgIpc) is 3.75. The van der Waals surface area contributed by atoms with E-state index in [1.54, 1.807) is 0 Å². The third-order valence-electron chi connectivity index (χ3n) is 6.54. The molecule has 0 aromatic rings. The third-order valence-corrected chi connectivity index (χ3v) is 6.54. The molecule has 52 heavy (non-hydrogen) atoms. The highest BCUT2D eigenvalue weighted by atomic mass is 19.4. The molecule has 0 spiro atoms. The molecule has 1 atom stereocenters. The molecule has 1 aliphatic heterocycles. The molecule has 1 aliphatic rings. The molecular weight excluding hydrogens is 849 g/mol. The lowest BCUT2D eigenvalue weighted by Gasteiger charge is -2.46. The molecule has 1 saturated heterocycles. The minimum Gasteiger partial charge on any atom is -0.372 e. The van der Waals surface area contributed by atoms with Crippen LogP contribution in [-0.4, -0.2) is 115 Å². The van der Waals surface area contributed by atoms with Crippen molar-refractivity contribution in [3.8, 4) is 0 Å². The Labute approximate surface area is 262 Å². The van der Waals surface area contributed by atoms with Crippen molar-refractivity contribution in [2.24, 2.45) is 0 Å².